The Balaban J connectivity index is 2.14. The molecule has 0 aliphatic carbocycles. The minimum absolute atomic E-state index is 0.193. The van der Waals surface area contributed by atoms with Crippen LogP contribution in [0.2, 0.25) is 0 Å². The lowest BCUT2D eigenvalue weighted by Crippen LogP contribution is -2.46. The topological polar surface area (TPSA) is 115 Å². The van der Waals surface area contributed by atoms with Gasteiger partial charge in [0.05, 0.1) is 12.2 Å². The molecule has 0 aliphatic heterocycles. The van der Waals surface area contributed by atoms with Gasteiger partial charge in [-0.2, -0.15) is 0 Å². The Morgan fingerprint density at radius 2 is 1.66 bits per heavy atom. The number of nitrogens with one attached hydrogen (secondary N) is 2. The summed E-state index contributed by atoms with van der Waals surface area (Å²) in [5.74, 6) is -0.853. The van der Waals surface area contributed by atoms with Crippen LogP contribution in [0.3, 0.4) is 0 Å². The molecular formula is C31H45N3O7. The number of likely N-dealkylation sites (N-methyl/N-ethyl adjacent to an activating group) is 1. The summed E-state index contributed by atoms with van der Waals surface area (Å²) in [6.45, 7) is 14.5. The van der Waals surface area contributed by atoms with Crippen molar-refractivity contribution in [3.63, 3.8) is 0 Å². The van der Waals surface area contributed by atoms with Crippen LogP contribution in [-0.2, 0) is 25.5 Å². The first-order valence-electron chi connectivity index (χ1n) is 14.2. The van der Waals surface area contributed by atoms with Crippen LogP contribution in [0.4, 0.5) is 10.5 Å². The van der Waals surface area contributed by atoms with Crippen LogP contribution in [0, 0.1) is 0 Å². The fourth-order valence-electron chi connectivity index (χ4n) is 3.74. The van der Waals surface area contributed by atoms with Crippen LogP contribution >= 0.6 is 0 Å². The van der Waals surface area contributed by atoms with E-state index in [9.17, 15) is 14.4 Å². The van der Waals surface area contributed by atoms with E-state index in [4.69, 9.17) is 19.0 Å². The van der Waals surface area contributed by atoms with Gasteiger partial charge in [0, 0.05) is 13.0 Å². The van der Waals surface area contributed by atoms with Gasteiger partial charge in [0.15, 0.2) is 0 Å². The first-order chi connectivity index (χ1) is 19.6. The molecule has 0 fully saturated rings. The highest BCUT2D eigenvalue weighted by Gasteiger charge is 2.27. The van der Waals surface area contributed by atoms with Gasteiger partial charge < -0.3 is 29.3 Å². The molecule has 0 aliphatic rings. The summed E-state index contributed by atoms with van der Waals surface area (Å²) in [4.78, 5) is 45.8. The van der Waals surface area contributed by atoms with Crippen molar-refractivity contribution in [3.8, 4) is 5.75 Å². The van der Waals surface area contributed by atoms with Gasteiger partial charge in [-0.1, -0.05) is 57.5 Å². The van der Waals surface area contributed by atoms with Crippen LogP contribution in [0.25, 0.3) is 0 Å². The highest BCUT2D eigenvalue weighted by atomic mass is 16.7. The molecule has 2 N–H and O–H groups in total. The SMILES string of the molecule is CCCCOc1cc(C(=O)OCCN(CC)CC)ccc1NOC(=O)[C@@H](Cc1ccccc1)NC(=O)OC(C)(C)C. The lowest BCUT2D eigenvalue weighted by molar-refractivity contribution is -0.143. The zero-order valence-corrected chi connectivity index (χ0v) is 25.2. The molecule has 0 spiro atoms. The van der Waals surface area contributed by atoms with Crippen molar-refractivity contribution in [3.05, 3.63) is 59.7 Å². The molecular weight excluding hydrogens is 526 g/mol. The predicted molar refractivity (Wildman–Crippen MR) is 158 cm³/mol. The Kier molecular flexibility index (Phi) is 14.0. The summed E-state index contributed by atoms with van der Waals surface area (Å²) in [6, 6.07) is 13.0. The summed E-state index contributed by atoms with van der Waals surface area (Å²) < 4.78 is 16.7. The van der Waals surface area contributed by atoms with Crippen LogP contribution in [-0.4, -0.2) is 67.4 Å². The Bertz CT molecular complexity index is 1100. The number of ether oxygens (including phenoxy) is 3. The Morgan fingerprint density at radius 3 is 2.29 bits per heavy atom. The largest absolute Gasteiger partial charge is 0.491 e. The van der Waals surface area contributed by atoms with Gasteiger partial charge in [-0.05, 0) is 64.0 Å². The van der Waals surface area contributed by atoms with Gasteiger partial charge >= 0.3 is 18.0 Å². The fraction of sp³-hybridized carbons (Fsp3) is 0.516. The number of hydrogen-bond acceptors (Lipinski definition) is 9. The fourth-order valence-corrected chi connectivity index (χ4v) is 3.74. The maximum Gasteiger partial charge on any atom is 0.408 e. The Hall–Kier alpha value is -3.79. The van der Waals surface area contributed by atoms with Gasteiger partial charge in [-0.3, -0.25) is 0 Å². The van der Waals surface area contributed by atoms with E-state index in [0.717, 1.165) is 31.5 Å². The molecule has 0 heterocycles. The number of hydrogen-bond donors (Lipinski definition) is 2. The summed E-state index contributed by atoms with van der Waals surface area (Å²) in [5, 5.41) is 2.60. The van der Waals surface area contributed by atoms with Crippen molar-refractivity contribution in [2.24, 2.45) is 0 Å². The van der Waals surface area contributed by atoms with Gasteiger partial charge in [-0.25, -0.2) is 19.9 Å². The second kappa shape index (κ2) is 17.1. The van der Waals surface area contributed by atoms with Gasteiger partial charge in [0.2, 0.25) is 0 Å². The van der Waals surface area contributed by atoms with Crippen LogP contribution < -0.4 is 15.5 Å². The highest BCUT2D eigenvalue weighted by Crippen LogP contribution is 2.27. The molecule has 1 atom stereocenters. The first-order valence-corrected chi connectivity index (χ1v) is 14.2. The lowest BCUT2D eigenvalue weighted by Gasteiger charge is -2.23. The molecule has 2 rings (SSSR count). The molecule has 0 aromatic heterocycles. The number of benzene rings is 2. The third-order valence-electron chi connectivity index (χ3n) is 6.03. The number of esters is 1. The van der Waals surface area contributed by atoms with E-state index in [1.54, 1.807) is 39.0 Å². The average Bonchev–Trinajstić information content (AvgIpc) is 2.93. The second-order valence-corrected chi connectivity index (χ2v) is 10.5. The summed E-state index contributed by atoms with van der Waals surface area (Å²) in [5.41, 5.74) is 3.41. The number of nitrogens with zero attached hydrogens (tertiary/aromatic N) is 1. The molecule has 10 nitrogen and oxygen atoms in total. The molecule has 1 amide bonds. The smallest absolute Gasteiger partial charge is 0.408 e. The van der Waals surface area contributed by atoms with Crippen molar-refractivity contribution in [2.45, 2.75) is 72.4 Å². The third-order valence-corrected chi connectivity index (χ3v) is 6.03. The van der Waals surface area contributed by atoms with Crippen molar-refractivity contribution >= 4 is 23.7 Å². The molecule has 0 radical (unpaired) electrons. The van der Waals surface area contributed by atoms with Crippen LogP contribution in [0.5, 0.6) is 5.75 Å². The van der Waals surface area contributed by atoms with Gasteiger partial charge in [0.1, 0.15) is 29.7 Å². The quantitative estimate of drug-likeness (QED) is 0.119. The number of rotatable bonds is 16. The maximum absolute atomic E-state index is 13.1. The molecule has 0 saturated carbocycles. The number of anilines is 1. The highest BCUT2D eigenvalue weighted by molar-refractivity contribution is 5.91. The van der Waals surface area contributed by atoms with Crippen molar-refractivity contribution < 1.29 is 33.4 Å². The number of carbonyl (C=O) groups is 3. The first kappa shape index (κ1) is 33.4. The third kappa shape index (κ3) is 12.5. The van der Waals surface area contributed by atoms with Crippen molar-refractivity contribution in [1.82, 2.24) is 10.2 Å². The van der Waals surface area contributed by atoms with Crippen molar-refractivity contribution in [2.75, 3.05) is 38.3 Å². The Morgan fingerprint density at radius 1 is 0.951 bits per heavy atom. The number of alkyl carbamates (subject to hydrolysis) is 1. The maximum atomic E-state index is 13.1. The van der Waals surface area contributed by atoms with E-state index in [1.165, 1.54) is 0 Å². The van der Waals surface area contributed by atoms with E-state index in [-0.39, 0.29) is 13.0 Å². The monoisotopic (exact) mass is 571 g/mol. The Labute approximate surface area is 243 Å². The summed E-state index contributed by atoms with van der Waals surface area (Å²) >= 11 is 0. The number of amides is 1. The van der Waals surface area contributed by atoms with E-state index in [0.29, 0.717) is 30.2 Å². The lowest BCUT2D eigenvalue weighted by atomic mass is 10.1. The van der Waals surface area contributed by atoms with Crippen molar-refractivity contribution in [1.29, 1.82) is 0 Å². The standard InChI is InChI=1S/C31H45N3O7/c1-7-10-19-38-27-22-24(28(35)39-20-18-34(8-2)9-3)16-17-25(27)33-41-29(36)26(21-23-14-12-11-13-15-23)32-30(37)40-31(4,5)6/h11-17,22,26,33H,7-10,18-21H2,1-6H3,(H,32,37)/t26-/m1/s1. The minimum atomic E-state index is -1.02. The normalized spacial score (nSPS) is 11.9. The molecule has 41 heavy (non-hydrogen) atoms. The zero-order chi connectivity index (χ0) is 30.3. The molecule has 0 unspecified atom stereocenters. The van der Waals surface area contributed by atoms with E-state index in [2.05, 4.69) is 29.5 Å². The number of carbonyl (C=O) groups excluding carboxylic acids is 3. The van der Waals surface area contributed by atoms with Crippen LogP contribution in [0.15, 0.2) is 48.5 Å². The molecule has 2 aromatic carbocycles. The molecule has 10 heteroatoms. The average molecular weight is 572 g/mol. The molecule has 0 saturated heterocycles. The molecule has 2 aromatic rings. The van der Waals surface area contributed by atoms with Gasteiger partial charge in [0.25, 0.3) is 0 Å². The second-order valence-electron chi connectivity index (χ2n) is 10.5. The van der Waals surface area contributed by atoms with E-state index >= 15 is 0 Å². The molecule has 0 bridgehead atoms. The van der Waals surface area contributed by atoms with Crippen LogP contribution in [0.1, 0.15) is 70.3 Å². The minimum Gasteiger partial charge on any atom is -0.491 e. The molecule has 226 valence electrons. The summed E-state index contributed by atoms with van der Waals surface area (Å²) in [7, 11) is 0. The van der Waals surface area contributed by atoms with E-state index < -0.39 is 29.7 Å². The van der Waals surface area contributed by atoms with E-state index in [1.807, 2.05) is 37.3 Å². The van der Waals surface area contributed by atoms with Gasteiger partial charge in [-0.15, -0.1) is 0 Å². The predicted octanol–water partition coefficient (Wildman–Crippen LogP) is 5.37. The zero-order valence-electron chi connectivity index (χ0n) is 25.2. The number of unbranched alkanes of at least 4 members (excludes halogenated alkanes) is 1. The summed E-state index contributed by atoms with van der Waals surface area (Å²) in [6.07, 6.45) is 1.18.